The van der Waals surface area contributed by atoms with Crippen molar-refractivity contribution in [3.8, 4) is 0 Å². The molecule has 1 aliphatic rings. The molecule has 0 radical (unpaired) electrons. The zero-order valence-electron chi connectivity index (χ0n) is 13.9. The van der Waals surface area contributed by atoms with Crippen molar-refractivity contribution >= 4 is 39.8 Å². The summed E-state index contributed by atoms with van der Waals surface area (Å²) >= 11 is 3.11. The second-order valence-electron chi connectivity index (χ2n) is 5.05. The van der Waals surface area contributed by atoms with E-state index in [1.165, 1.54) is 6.08 Å². The Morgan fingerprint density at radius 3 is 2.04 bits per heavy atom. The molecule has 0 N–H and O–H groups in total. The summed E-state index contributed by atoms with van der Waals surface area (Å²) in [4.78, 5) is 44.9. The summed E-state index contributed by atoms with van der Waals surface area (Å²) in [5, 5.41) is 0. The van der Waals surface area contributed by atoms with Crippen LogP contribution in [0.3, 0.4) is 0 Å². The van der Waals surface area contributed by atoms with Crippen LogP contribution < -0.4 is 0 Å². The van der Waals surface area contributed by atoms with Gasteiger partial charge >= 0.3 is 23.9 Å². The Labute approximate surface area is 152 Å². The van der Waals surface area contributed by atoms with Crippen LogP contribution in [0.2, 0.25) is 0 Å². The Morgan fingerprint density at radius 1 is 1.04 bits per heavy atom. The van der Waals surface area contributed by atoms with Crippen molar-refractivity contribution in [1.82, 2.24) is 0 Å². The van der Waals surface area contributed by atoms with Crippen molar-refractivity contribution in [2.45, 2.75) is 50.2 Å². The Kier molecular flexibility index (Phi) is 8.04. The molecule has 0 aromatic carbocycles. The predicted octanol–water partition coefficient (Wildman–Crippen LogP) is 0.630. The van der Waals surface area contributed by atoms with Gasteiger partial charge in [-0.1, -0.05) is 28.6 Å². The number of rotatable bonds is 7. The zero-order valence-corrected chi connectivity index (χ0v) is 15.5. The minimum Gasteiger partial charge on any atom is -0.461 e. The third kappa shape index (κ3) is 6.13. The summed E-state index contributed by atoms with van der Waals surface area (Å²) in [7, 11) is 0. The summed E-state index contributed by atoms with van der Waals surface area (Å²) in [6, 6.07) is 0. The topological polar surface area (TPSA) is 114 Å². The number of hydrogen-bond donors (Lipinski definition) is 0. The van der Waals surface area contributed by atoms with Crippen LogP contribution in [0.5, 0.6) is 0 Å². The molecule has 10 heteroatoms. The molecule has 0 amide bonds. The molecule has 9 nitrogen and oxygen atoms in total. The van der Waals surface area contributed by atoms with Gasteiger partial charge in [0.1, 0.15) is 17.5 Å². The molecule has 140 valence electrons. The SMILES string of the molecule is C=CCOC(=O)[C@@H](Br)[C@H]1O[C@H](OC(C)=O)[C@H](OC(C)=O)[C@@H]1OC(C)=O. The number of esters is 4. The second-order valence-corrected chi connectivity index (χ2v) is 6.03. The fourth-order valence-electron chi connectivity index (χ4n) is 2.14. The van der Waals surface area contributed by atoms with Crippen LogP contribution in [-0.4, -0.2) is 59.9 Å². The maximum Gasteiger partial charge on any atom is 0.322 e. The number of alkyl halides is 1. The minimum atomic E-state index is -1.34. The lowest BCUT2D eigenvalue weighted by Crippen LogP contribution is -2.45. The first kappa shape index (κ1) is 21.1. The van der Waals surface area contributed by atoms with E-state index in [-0.39, 0.29) is 6.61 Å². The van der Waals surface area contributed by atoms with Crippen LogP contribution in [0, 0.1) is 0 Å². The highest BCUT2D eigenvalue weighted by Crippen LogP contribution is 2.33. The quantitative estimate of drug-likeness (QED) is 0.252. The van der Waals surface area contributed by atoms with Crippen LogP contribution in [-0.2, 0) is 42.9 Å². The van der Waals surface area contributed by atoms with Gasteiger partial charge in [0.15, 0.2) is 6.10 Å². The van der Waals surface area contributed by atoms with Crippen LogP contribution in [0.1, 0.15) is 20.8 Å². The first-order valence-corrected chi connectivity index (χ1v) is 8.17. The van der Waals surface area contributed by atoms with Crippen molar-refractivity contribution < 1.29 is 42.9 Å². The van der Waals surface area contributed by atoms with Crippen LogP contribution in [0.15, 0.2) is 12.7 Å². The molecule has 1 aliphatic heterocycles. The highest BCUT2D eigenvalue weighted by molar-refractivity contribution is 9.10. The molecule has 25 heavy (non-hydrogen) atoms. The average molecular weight is 423 g/mol. The summed E-state index contributed by atoms with van der Waals surface area (Å²) in [5.41, 5.74) is 0. The predicted molar refractivity (Wildman–Crippen MR) is 85.4 cm³/mol. The number of ether oxygens (including phenoxy) is 5. The van der Waals surface area contributed by atoms with E-state index in [0.29, 0.717) is 0 Å². The van der Waals surface area contributed by atoms with Gasteiger partial charge in [-0.15, -0.1) is 0 Å². The molecule has 1 fully saturated rings. The van der Waals surface area contributed by atoms with Gasteiger partial charge in [0.2, 0.25) is 12.4 Å². The van der Waals surface area contributed by atoms with Gasteiger partial charge in [0, 0.05) is 20.8 Å². The number of carbonyl (C=O) groups excluding carboxylic acids is 4. The van der Waals surface area contributed by atoms with Gasteiger partial charge in [-0.3, -0.25) is 19.2 Å². The van der Waals surface area contributed by atoms with Crippen molar-refractivity contribution in [1.29, 1.82) is 0 Å². The van der Waals surface area contributed by atoms with Crippen molar-refractivity contribution in [2.24, 2.45) is 0 Å². The van der Waals surface area contributed by atoms with Gasteiger partial charge in [0.05, 0.1) is 0 Å². The molecule has 5 atom stereocenters. The average Bonchev–Trinajstić information content (AvgIpc) is 2.80. The smallest absolute Gasteiger partial charge is 0.322 e. The third-order valence-electron chi connectivity index (χ3n) is 2.95. The van der Waals surface area contributed by atoms with E-state index in [4.69, 9.17) is 23.7 Å². The molecule has 0 unspecified atom stereocenters. The highest BCUT2D eigenvalue weighted by Gasteiger charge is 2.55. The fraction of sp³-hybridized carbons (Fsp3) is 0.600. The normalized spacial score (nSPS) is 26.2. The number of hydrogen-bond acceptors (Lipinski definition) is 9. The molecular weight excluding hydrogens is 404 g/mol. The van der Waals surface area contributed by atoms with E-state index in [1.54, 1.807) is 0 Å². The lowest BCUT2D eigenvalue weighted by molar-refractivity contribution is -0.195. The van der Waals surface area contributed by atoms with E-state index < -0.39 is 53.3 Å². The first-order chi connectivity index (χ1) is 11.7. The molecule has 0 saturated carbocycles. The number of halogens is 1. The molecule has 0 aliphatic carbocycles. The largest absolute Gasteiger partial charge is 0.461 e. The number of carbonyl (C=O) groups is 4. The summed E-state index contributed by atoms with van der Waals surface area (Å²) < 4.78 is 25.6. The molecule has 1 saturated heterocycles. The van der Waals surface area contributed by atoms with Crippen LogP contribution >= 0.6 is 15.9 Å². The summed E-state index contributed by atoms with van der Waals surface area (Å²) in [6.45, 7) is 6.79. The van der Waals surface area contributed by atoms with Crippen LogP contribution in [0.4, 0.5) is 0 Å². The monoisotopic (exact) mass is 422 g/mol. The zero-order chi connectivity index (χ0) is 19.1. The lowest BCUT2D eigenvalue weighted by Gasteiger charge is -2.24. The summed E-state index contributed by atoms with van der Waals surface area (Å²) in [5.74, 6) is -2.82. The fourth-order valence-corrected chi connectivity index (χ4v) is 2.70. The van der Waals surface area contributed by atoms with E-state index >= 15 is 0 Å². The first-order valence-electron chi connectivity index (χ1n) is 7.26. The molecule has 1 rings (SSSR count). The second kappa shape index (κ2) is 9.52. The van der Waals surface area contributed by atoms with Gasteiger partial charge in [-0.2, -0.15) is 0 Å². The highest BCUT2D eigenvalue weighted by atomic mass is 79.9. The summed E-state index contributed by atoms with van der Waals surface area (Å²) in [6.07, 6.45) is -3.51. The van der Waals surface area contributed by atoms with Gasteiger partial charge < -0.3 is 23.7 Å². The molecule has 0 spiro atoms. The van der Waals surface area contributed by atoms with Crippen molar-refractivity contribution in [3.63, 3.8) is 0 Å². The van der Waals surface area contributed by atoms with E-state index in [1.807, 2.05) is 0 Å². The van der Waals surface area contributed by atoms with E-state index in [9.17, 15) is 19.2 Å². The Bertz CT molecular complexity index is 547. The third-order valence-corrected chi connectivity index (χ3v) is 3.85. The van der Waals surface area contributed by atoms with Crippen molar-refractivity contribution in [3.05, 3.63) is 12.7 Å². The lowest BCUT2D eigenvalue weighted by atomic mass is 10.1. The molecule has 0 bridgehead atoms. The Morgan fingerprint density at radius 2 is 1.56 bits per heavy atom. The van der Waals surface area contributed by atoms with Crippen LogP contribution in [0.25, 0.3) is 0 Å². The Balaban J connectivity index is 3.08. The van der Waals surface area contributed by atoms with Crippen molar-refractivity contribution in [2.75, 3.05) is 6.61 Å². The minimum absolute atomic E-state index is 0.0351. The van der Waals surface area contributed by atoms with Gasteiger partial charge in [-0.25, -0.2) is 0 Å². The molecule has 1 heterocycles. The Hall–Kier alpha value is -1.94. The maximum absolute atomic E-state index is 12.0. The molecular formula is C15H19BrO9. The molecule has 0 aromatic rings. The van der Waals surface area contributed by atoms with E-state index in [0.717, 1.165) is 20.8 Å². The standard InChI is InChI=1S/C15H19BrO9/c1-5-6-21-14(20)10(16)11-12(22-7(2)17)13(23-8(3)18)15(25-11)24-9(4)19/h5,10-13,15H,1,6H2,2-4H3/t10-,11+,12+,13+,15-/m0/s1. The van der Waals surface area contributed by atoms with E-state index in [2.05, 4.69) is 22.5 Å². The maximum atomic E-state index is 12.0. The van der Waals surface area contributed by atoms with Gasteiger partial charge in [-0.05, 0) is 0 Å². The molecule has 0 aromatic heterocycles. The van der Waals surface area contributed by atoms with Gasteiger partial charge in [0.25, 0.3) is 0 Å².